The molecule has 3 nitrogen and oxygen atoms in total. The number of aromatic nitrogens is 1. The normalized spacial score (nSPS) is 23.3. The maximum absolute atomic E-state index is 10.1. The van der Waals surface area contributed by atoms with Crippen molar-refractivity contribution in [2.75, 3.05) is 6.54 Å². The second-order valence-corrected chi connectivity index (χ2v) is 5.86. The predicted octanol–water partition coefficient (Wildman–Crippen LogP) is 1.81. The van der Waals surface area contributed by atoms with Crippen molar-refractivity contribution < 1.29 is 5.11 Å². The van der Waals surface area contributed by atoms with Gasteiger partial charge in [-0.05, 0) is 33.2 Å². The average Bonchev–Trinajstić information content (AvgIpc) is 2.59. The summed E-state index contributed by atoms with van der Waals surface area (Å²) in [7, 11) is 0. The molecule has 2 rings (SSSR count). The van der Waals surface area contributed by atoms with Gasteiger partial charge >= 0.3 is 0 Å². The number of piperidine rings is 1. The van der Waals surface area contributed by atoms with Crippen molar-refractivity contribution in [3.05, 3.63) is 15.6 Å². The molecule has 1 fully saturated rings. The Morgan fingerprint density at radius 2 is 2.31 bits per heavy atom. The van der Waals surface area contributed by atoms with Crippen LogP contribution in [0.4, 0.5) is 0 Å². The van der Waals surface area contributed by atoms with Crippen LogP contribution in [0.1, 0.15) is 34.8 Å². The molecule has 4 heteroatoms. The monoisotopic (exact) mass is 240 g/mol. The van der Waals surface area contributed by atoms with Gasteiger partial charge < -0.3 is 10.4 Å². The molecule has 1 aromatic heterocycles. The lowest BCUT2D eigenvalue weighted by Crippen LogP contribution is -2.44. The zero-order chi connectivity index (χ0) is 11.5. The first-order valence-corrected chi connectivity index (χ1v) is 6.83. The summed E-state index contributed by atoms with van der Waals surface area (Å²) < 4.78 is 0. The molecule has 2 atom stereocenters. The van der Waals surface area contributed by atoms with Crippen LogP contribution in [0.2, 0.25) is 0 Å². The molecule has 90 valence electrons. The van der Waals surface area contributed by atoms with E-state index in [2.05, 4.69) is 17.2 Å². The number of aliphatic hydroxyl groups is 1. The van der Waals surface area contributed by atoms with Gasteiger partial charge in [0.1, 0.15) is 0 Å². The Hall–Kier alpha value is -0.450. The standard InChI is InChI=1S/C12H20N2OS/c1-8-9(2)16-12(14-8)7-11(15)10-5-3-4-6-13-10/h10-11,13,15H,3-7H2,1-2H3. The lowest BCUT2D eigenvalue weighted by atomic mass is 9.98. The SMILES string of the molecule is Cc1nc(CC(O)C2CCCCN2)sc1C. The van der Waals surface area contributed by atoms with E-state index in [4.69, 9.17) is 0 Å². The minimum Gasteiger partial charge on any atom is -0.391 e. The van der Waals surface area contributed by atoms with Gasteiger partial charge in [-0.1, -0.05) is 6.42 Å². The molecule has 2 heterocycles. The van der Waals surface area contributed by atoms with Crippen molar-refractivity contribution in [1.82, 2.24) is 10.3 Å². The van der Waals surface area contributed by atoms with Gasteiger partial charge in [-0.3, -0.25) is 0 Å². The lowest BCUT2D eigenvalue weighted by Gasteiger charge is -2.27. The van der Waals surface area contributed by atoms with E-state index >= 15 is 0 Å². The van der Waals surface area contributed by atoms with E-state index in [1.54, 1.807) is 11.3 Å². The van der Waals surface area contributed by atoms with Gasteiger partial charge in [0.2, 0.25) is 0 Å². The Kier molecular flexibility index (Phi) is 3.95. The Morgan fingerprint density at radius 1 is 1.50 bits per heavy atom. The molecule has 16 heavy (non-hydrogen) atoms. The third-order valence-corrected chi connectivity index (χ3v) is 4.36. The number of nitrogens with one attached hydrogen (secondary N) is 1. The lowest BCUT2D eigenvalue weighted by molar-refractivity contribution is 0.113. The minimum absolute atomic E-state index is 0.262. The number of aryl methyl sites for hydroxylation is 2. The van der Waals surface area contributed by atoms with Gasteiger partial charge in [0.25, 0.3) is 0 Å². The van der Waals surface area contributed by atoms with E-state index < -0.39 is 0 Å². The van der Waals surface area contributed by atoms with Crippen molar-refractivity contribution in [3.63, 3.8) is 0 Å². The highest BCUT2D eigenvalue weighted by atomic mass is 32.1. The topological polar surface area (TPSA) is 45.2 Å². The zero-order valence-corrected chi connectivity index (χ0v) is 10.8. The molecule has 1 saturated heterocycles. The fourth-order valence-corrected chi connectivity index (χ4v) is 3.14. The van der Waals surface area contributed by atoms with Crippen LogP contribution < -0.4 is 5.32 Å². The molecule has 0 spiro atoms. The summed E-state index contributed by atoms with van der Waals surface area (Å²) in [5, 5.41) is 14.6. The molecule has 0 radical (unpaired) electrons. The first-order valence-electron chi connectivity index (χ1n) is 6.01. The largest absolute Gasteiger partial charge is 0.391 e. The Bertz CT molecular complexity index is 325. The smallest absolute Gasteiger partial charge is 0.0957 e. The summed E-state index contributed by atoms with van der Waals surface area (Å²) in [6, 6.07) is 0.262. The van der Waals surface area contributed by atoms with Crippen molar-refractivity contribution in [2.24, 2.45) is 0 Å². The third-order valence-electron chi connectivity index (χ3n) is 3.27. The molecular weight excluding hydrogens is 220 g/mol. The summed E-state index contributed by atoms with van der Waals surface area (Å²) >= 11 is 1.71. The number of nitrogens with zero attached hydrogens (tertiary/aromatic N) is 1. The molecular formula is C12H20N2OS. The Balaban J connectivity index is 1.93. The van der Waals surface area contributed by atoms with Gasteiger partial charge in [0, 0.05) is 17.3 Å². The molecule has 1 aliphatic heterocycles. The summed E-state index contributed by atoms with van der Waals surface area (Å²) in [5.74, 6) is 0. The van der Waals surface area contributed by atoms with Gasteiger partial charge in [0.05, 0.1) is 16.8 Å². The highest BCUT2D eigenvalue weighted by Gasteiger charge is 2.22. The fraction of sp³-hybridized carbons (Fsp3) is 0.750. The van der Waals surface area contributed by atoms with Gasteiger partial charge in [-0.2, -0.15) is 0 Å². The average molecular weight is 240 g/mol. The second kappa shape index (κ2) is 5.25. The molecule has 2 unspecified atom stereocenters. The molecule has 1 aliphatic rings. The van der Waals surface area contributed by atoms with E-state index in [1.807, 2.05) is 6.92 Å². The quantitative estimate of drug-likeness (QED) is 0.847. The highest BCUT2D eigenvalue weighted by Crippen LogP contribution is 2.20. The molecule has 0 bridgehead atoms. The maximum Gasteiger partial charge on any atom is 0.0957 e. The molecule has 1 aromatic rings. The van der Waals surface area contributed by atoms with E-state index in [0.717, 1.165) is 23.7 Å². The van der Waals surface area contributed by atoms with Crippen LogP contribution in [-0.2, 0) is 6.42 Å². The molecule has 2 N–H and O–H groups in total. The van der Waals surface area contributed by atoms with Crippen molar-refractivity contribution in [2.45, 2.75) is 51.7 Å². The Morgan fingerprint density at radius 3 is 2.88 bits per heavy atom. The Labute approximate surface area is 101 Å². The van der Waals surface area contributed by atoms with E-state index in [9.17, 15) is 5.11 Å². The number of hydrogen-bond acceptors (Lipinski definition) is 4. The van der Waals surface area contributed by atoms with Crippen LogP contribution in [0.3, 0.4) is 0 Å². The summed E-state index contributed by atoms with van der Waals surface area (Å²) in [5.41, 5.74) is 1.10. The van der Waals surface area contributed by atoms with Crippen LogP contribution in [0.25, 0.3) is 0 Å². The summed E-state index contributed by atoms with van der Waals surface area (Å²) in [6.07, 6.45) is 3.95. The summed E-state index contributed by atoms with van der Waals surface area (Å²) in [4.78, 5) is 5.74. The van der Waals surface area contributed by atoms with Gasteiger partial charge in [0.15, 0.2) is 0 Å². The molecule has 0 saturated carbocycles. The first kappa shape index (κ1) is 12.0. The van der Waals surface area contributed by atoms with Crippen LogP contribution in [0, 0.1) is 13.8 Å². The minimum atomic E-state index is -0.287. The number of rotatable bonds is 3. The third kappa shape index (κ3) is 2.81. The van der Waals surface area contributed by atoms with E-state index in [-0.39, 0.29) is 12.1 Å². The summed E-state index contributed by atoms with van der Waals surface area (Å²) in [6.45, 7) is 5.15. The van der Waals surface area contributed by atoms with Gasteiger partial charge in [-0.15, -0.1) is 11.3 Å². The molecule has 0 aliphatic carbocycles. The highest BCUT2D eigenvalue weighted by molar-refractivity contribution is 7.11. The second-order valence-electron chi connectivity index (χ2n) is 4.58. The number of aliphatic hydroxyl groups excluding tert-OH is 1. The first-order chi connectivity index (χ1) is 7.66. The van der Waals surface area contributed by atoms with E-state index in [0.29, 0.717) is 6.42 Å². The van der Waals surface area contributed by atoms with Crippen LogP contribution in [0.5, 0.6) is 0 Å². The van der Waals surface area contributed by atoms with Crippen LogP contribution in [0.15, 0.2) is 0 Å². The predicted molar refractivity (Wildman–Crippen MR) is 66.9 cm³/mol. The van der Waals surface area contributed by atoms with Crippen molar-refractivity contribution >= 4 is 11.3 Å². The van der Waals surface area contributed by atoms with Crippen LogP contribution >= 0.6 is 11.3 Å². The van der Waals surface area contributed by atoms with Crippen molar-refractivity contribution in [1.29, 1.82) is 0 Å². The zero-order valence-electron chi connectivity index (χ0n) is 9.99. The number of thiazole rings is 1. The van der Waals surface area contributed by atoms with Crippen LogP contribution in [-0.4, -0.2) is 28.8 Å². The molecule has 0 aromatic carbocycles. The van der Waals surface area contributed by atoms with Gasteiger partial charge in [-0.25, -0.2) is 4.98 Å². The fourth-order valence-electron chi connectivity index (χ4n) is 2.15. The maximum atomic E-state index is 10.1. The molecule has 0 amide bonds. The van der Waals surface area contributed by atoms with E-state index in [1.165, 1.54) is 17.7 Å². The number of hydrogen-bond donors (Lipinski definition) is 2. The van der Waals surface area contributed by atoms with Crippen molar-refractivity contribution in [3.8, 4) is 0 Å².